The van der Waals surface area contributed by atoms with Gasteiger partial charge in [-0.2, -0.15) is 0 Å². The molecule has 0 radical (unpaired) electrons. The summed E-state index contributed by atoms with van der Waals surface area (Å²) in [6, 6.07) is 10.8. The number of halogens is 2. The third-order valence-electron chi connectivity index (χ3n) is 6.70. The molecule has 3 aliphatic rings. The van der Waals surface area contributed by atoms with Crippen LogP contribution in [0.1, 0.15) is 33.2 Å². The molecule has 1 amide bonds. The molecule has 2 aromatic carbocycles. The van der Waals surface area contributed by atoms with Gasteiger partial charge in [-0.25, -0.2) is 0 Å². The summed E-state index contributed by atoms with van der Waals surface area (Å²) in [5.41, 5.74) is 1.53. The monoisotopic (exact) mass is 545 g/mol. The molecular formula is C25H21F2N3O4Se. The van der Waals surface area contributed by atoms with Crippen molar-refractivity contribution in [3.8, 4) is 5.75 Å². The van der Waals surface area contributed by atoms with Gasteiger partial charge in [0.25, 0.3) is 0 Å². The third-order valence-corrected chi connectivity index (χ3v) is 9.04. The van der Waals surface area contributed by atoms with Gasteiger partial charge in [0.1, 0.15) is 0 Å². The molecule has 3 aromatic rings. The Hall–Kier alpha value is -3.20. The molecule has 0 spiro atoms. The van der Waals surface area contributed by atoms with Gasteiger partial charge in [0.15, 0.2) is 0 Å². The van der Waals surface area contributed by atoms with Gasteiger partial charge in [-0.1, -0.05) is 0 Å². The SMILES string of the molecule is COc1c2n(ccc1=O)N([C@@H]1c3ccccc3[Se]Cc3c(F)cc(F)cc31)[C@@H]1COCCN1C2=O. The van der Waals surface area contributed by atoms with E-state index >= 15 is 4.39 Å². The normalized spacial score (nSPS) is 20.9. The van der Waals surface area contributed by atoms with Crippen LogP contribution < -0.4 is 19.6 Å². The first kappa shape index (κ1) is 22.3. The summed E-state index contributed by atoms with van der Waals surface area (Å²) >= 11 is -0.0861. The Kier molecular flexibility index (Phi) is 5.40. The molecule has 0 N–H and O–H groups in total. The Morgan fingerprint density at radius 3 is 2.77 bits per heavy atom. The van der Waals surface area contributed by atoms with Gasteiger partial charge < -0.3 is 0 Å². The number of carbonyl (C=O) groups excluding carboxylic acids is 1. The van der Waals surface area contributed by atoms with E-state index in [2.05, 4.69) is 0 Å². The maximum atomic E-state index is 15.1. The summed E-state index contributed by atoms with van der Waals surface area (Å²) in [5, 5.41) is 2.37. The zero-order chi connectivity index (χ0) is 24.3. The maximum absolute atomic E-state index is 15.1. The Bertz CT molecular complexity index is 1410. The second-order valence-electron chi connectivity index (χ2n) is 8.52. The molecule has 35 heavy (non-hydrogen) atoms. The van der Waals surface area contributed by atoms with Crippen LogP contribution in [0.5, 0.6) is 5.75 Å². The van der Waals surface area contributed by atoms with Crippen molar-refractivity contribution < 1.29 is 23.0 Å². The van der Waals surface area contributed by atoms with Crippen LogP contribution in [-0.4, -0.2) is 63.5 Å². The summed E-state index contributed by atoms with van der Waals surface area (Å²) < 4.78 is 43.6. The third kappa shape index (κ3) is 3.39. The number of ether oxygens (including phenoxy) is 2. The summed E-state index contributed by atoms with van der Waals surface area (Å²) in [6.07, 6.45) is 0.969. The first-order valence-electron chi connectivity index (χ1n) is 11.2. The molecule has 3 aliphatic heterocycles. The fourth-order valence-corrected chi connectivity index (χ4v) is 7.54. The number of pyridine rings is 1. The molecule has 1 saturated heterocycles. The van der Waals surface area contributed by atoms with Crippen molar-refractivity contribution in [2.45, 2.75) is 17.5 Å². The summed E-state index contributed by atoms with van der Waals surface area (Å²) in [6.45, 7) is 0.866. The van der Waals surface area contributed by atoms with Gasteiger partial charge in [-0.05, 0) is 0 Å². The van der Waals surface area contributed by atoms with Crippen LogP contribution in [0.4, 0.5) is 8.78 Å². The Balaban J connectivity index is 1.68. The van der Waals surface area contributed by atoms with Crippen LogP contribution >= 0.6 is 0 Å². The number of carbonyl (C=O) groups is 1. The molecule has 2 atom stereocenters. The van der Waals surface area contributed by atoms with Crippen molar-refractivity contribution in [3.05, 3.63) is 92.9 Å². The van der Waals surface area contributed by atoms with Crippen molar-refractivity contribution in [2.24, 2.45) is 0 Å². The number of amides is 1. The Morgan fingerprint density at radius 2 is 1.94 bits per heavy atom. The van der Waals surface area contributed by atoms with Gasteiger partial charge in [0.2, 0.25) is 0 Å². The molecule has 10 heteroatoms. The molecule has 0 saturated carbocycles. The number of morpholine rings is 1. The van der Waals surface area contributed by atoms with E-state index in [1.165, 1.54) is 25.4 Å². The van der Waals surface area contributed by atoms with E-state index in [1.54, 1.807) is 9.58 Å². The molecule has 4 heterocycles. The first-order chi connectivity index (χ1) is 17.0. The van der Waals surface area contributed by atoms with E-state index in [1.807, 2.05) is 29.3 Å². The average molecular weight is 544 g/mol. The topological polar surface area (TPSA) is 64.0 Å². The number of aromatic nitrogens is 1. The zero-order valence-corrected chi connectivity index (χ0v) is 20.5. The van der Waals surface area contributed by atoms with Gasteiger partial charge >= 0.3 is 206 Å². The van der Waals surface area contributed by atoms with Crippen molar-refractivity contribution >= 4 is 25.3 Å². The fraction of sp³-hybridized carbons (Fsp3) is 0.280. The van der Waals surface area contributed by atoms with Crippen LogP contribution in [0.2, 0.25) is 0 Å². The minimum absolute atomic E-state index is 0.0655. The predicted octanol–water partition coefficient (Wildman–Crippen LogP) is 1.52. The molecule has 7 nitrogen and oxygen atoms in total. The van der Waals surface area contributed by atoms with Crippen LogP contribution in [-0.2, 0) is 10.1 Å². The van der Waals surface area contributed by atoms with Crippen LogP contribution in [0, 0.1) is 11.6 Å². The van der Waals surface area contributed by atoms with E-state index in [4.69, 9.17) is 9.47 Å². The van der Waals surface area contributed by atoms with Crippen molar-refractivity contribution in [1.29, 1.82) is 0 Å². The van der Waals surface area contributed by atoms with Crippen LogP contribution in [0.3, 0.4) is 0 Å². The Morgan fingerprint density at radius 1 is 1.11 bits per heavy atom. The number of rotatable bonds is 2. The molecule has 1 aromatic heterocycles. The standard InChI is InChI=1S/C25H21F2N3O4Se/c1-33-24-19(31)6-7-29-23(24)25(32)28-8-9-34-12-21(28)30(29)22-15-4-2-3-5-20(15)35-13-17-16(22)10-14(26)11-18(17)27/h2-7,10-11,21-22H,8-9,12-13H2,1H3/t21-,22-/m1/s1. The van der Waals surface area contributed by atoms with E-state index in [-0.39, 0.29) is 38.9 Å². The first-order valence-corrected chi connectivity index (χ1v) is 13.2. The van der Waals surface area contributed by atoms with Crippen LogP contribution in [0.25, 0.3) is 0 Å². The predicted molar refractivity (Wildman–Crippen MR) is 125 cm³/mol. The number of methoxy groups -OCH3 is 1. The molecule has 0 bridgehead atoms. The molecule has 0 aliphatic carbocycles. The number of fused-ring (bicyclic) bond motifs is 4. The summed E-state index contributed by atoms with van der Waals surface area (Å²) in [7, 11) is 1.35. The van der Waals surface area contributed by atoms with Gasteiger partial charge in [-0.15, -0.1) is 0 Å². The van der Waals surface area contributed by atoms with Gasteiger partial charge in [-0.3, -0.25) is 0 Å². The van der Waals surface area contributed by atoms with E-state index in [0.29, 0.717) is 29.6 Å². The Labute approximate surface area is 206 Å². The fourth-order valence-electron chi connectivity index (χ4n) is 5.18. The number of hydrogen-bond donors (Lipinski definition) is 0. The summed E-state index contributed by atoms with van der Waals surface area (Å²) in [5.74, 6) is -1.66. The average Bonchev–Trinajstić information content (AvgIpc) is 3.02. The number of benzene rings is 2. The van der Waals surface area contributed by atoms with E-state index in [0.717, 1.165) is 16.1 Å². The number of nitrogens with zero attached hydrogens (tertiary/aromatic N) is 3. The summed E-state index contributed by atoms with van der Waals surface area (Å²) in [4.78, 5) is 27.8. The van der Waals surface area contributed by atoms with Crippen molar-refractivity contribution in [1.82, 2.24) is 9.58 Å². The molecule has 0 unspecified atom stereocenters. The van der Waals surface area contributed by atoms with Crippen molar-refractivity contribution in [2.75, 3.05) is 31.9 Å². The van der Waals surface area contributed by atoms with Crippen LogP contribution in [0.15, 0.2) is 53.5 Å². The van der Waals surface area contributed by atoms with E-state index in [9.17, 15) is 14.0 Å². The molecule has 1 fully saturated rings. The quantitative estimate of drug-likeness (QED) is 0.458. The second-order valence-corrected chi connectivity index (χ2v) is 10.7. The minimum atomic E-state index is -0.666. The van der Waals surface area contributed by atoms with Gasteiger partial charge in [0.05, 0.1) is 0 Å². The van der Waals surface area contributed by atoms with E-state index < -0.39 is 29.3 Å². The van der Waals surface area contributed by atoms with Crippen molar-refractivity contribution in [3.63, 3.8) is 0 Å². The molecular weight excluding hydrogens is 523 g/mol. The number of hydrogen-bond acceptors (Lipinski definition) is 5. The molecule has 180 valence electrons. The van der Waals surface area contributed by atoms with Gasteiger partial charge in [0, 0.05) is 0 Å². The second kappa shape index (κ2) is 8.48. The zero-order valence-electron chi connectivity index (χ0n) is 18.7. The molecule has 6 rings (SSSR count).